The number of hydrogen-bond donors (Lipinski definition) is 5. The van der Waals surface area contributed by atoms with E-state index < -0.39 is 36.4 Å². The van der Waals surface area contributed by atoms with Crippen molar-refractivity contribution < 1.29 is 44.3 Å². The number of piperidine rings is 1. The van der Waals surface area contributed by atoms with E-state index in [2.05, 4.69) is 33.7 Å². The lowest BCUT2D eigenvalue weighted by atomic mass is 9.96. The lowest BCUT2D eigenvalue weighted by Gasteiger charge is -2.37. The predicted octanol–water partition coefficient (Wildman–Crippen LogP) is 2.60. The number of carbonyl (C=O) groups is 3. The van der Waals surface area contributed by atoms with E-state index >= 15 is 4.39 Å². The third-order valence-corrected chi connectivity index (χ3v) is 7.97. The van der Waals surface area contributed by atoms with E-state index in [1.54, 1.807) is 6.07 Å². The van der Waals surface area contributed by atoms with Gasteiger partial charge in [-0.05, 0) is 63.9 Å². The first-order chi connectivity index (χ1) is 22.1. The highest BCUT2D eigenvalue weighted by Gasteiger charge is 2.40. The first kappa shape index (κ1) is 37.0. The Morgan fingerprint density at radius 2 is 1.72 bits per heavy atom. The molecule has 14 nitrogen and oxygen atoms in total. The fraction of sp³-hybridized carbons (Fsp3) is 0.500. The summed E-state index contributed by atoms with van der Waals surface area (Å²) in [5, 5.41) is 47.4. The minimum Gasteiger partial charge on any atom is -0.481 e. The van der Waals surface area contributed by atoms with E-state index in [1.807, 2.05) is 49.4 Å². The van der Waals surface area contributed by atoms with Gasteiger partial charge in [0.15, 0.2) is 5.60 Å². The van der Waals surface area contributed by atoms with Gasteiger partial charge in [0.05, 0.1) is 37.0 Å². The van der Waals surface area contributed by atoms with Crippen LogP contribution < -0.4 is 4.90 Å². The number of benzene rings is 1. The van der Waals surface area contributed by atoms with Crippen LogP contribution in [0, 0.1) is 12.7 Å². The quantitative estimate of drug-likeness (QED) is 0.180. The van der Waals surface area contributed by atoms with Crippen molar-refractivity contribution in [2.75, 3.05) is 38.2 Å². The molecule has 47 heavy (non-hydrogen) atoms. The van der Waals surface area contributed by atoms with Gasteiger partial charge in [-0.15, -0.1) is 0 Å². The minimum atomic E-state index is -2.74. The van der Waals surface area contributed by atoms with Crippen LogP contribution in [0.4, 0.5) is 10.1 Å². The van der Waals surface area contributed by atoms with Crippen molar-refractivity contribution in [3.63, 3.8) is 0 Å². The molecule has 1 aliphatic heterocycles. The van der Waals surface area contributed by atoms with Gasteiger partial charge in [0, 0.05) is 56.1 Å². The number of rotatable bonds is 13. The maximum absolute atomic E-state index is 15.1. The zero-order valence-corrected chi connectivity index (χ0v) is 27.0. The van der Waals surface area contributed by atoms with Gasteiger partial charge in [0.2, 0.25) is 0 Å². The molecular formula is C32H43FN6O8. The molecule has 0 atom stereocenters. The molecule has 0 aliphatic carbocycles. The van der Waals surface area contributed by atoms with Crippen LogP contribution in [0.5, 0.6) is 0 Å². The van der Waals surface area contributed by atoms with Crippen molar-refractivity contribution in [1.82, 2.24) is 24.6 Å². The number of aliphatic carboxylic acids is 3. The molecule has 0 bridgehead atoms. The van der Waals surface area contributed by atoms with Crippen LogP contribution in [0.2, 0.25) is 0 Å². The number of hydrogen-bond acceptors (Lipinski definition) is 10. The number of carboxylic acids is 3. The molecule has 3 heterocycles. The summed E-state index contributed by atoms with van der Waals surface area (Å²) in [7, 11) is 2.04. The van der Waals surface area contributed by atoms with Gasteiger partial charge in [-0.25, -0.2) is 19.2 Å². The lowest BCUT2D eigenvalue weighted by molar-refractivity contribution is -0.170. The molecule has 4 rings (SSSR count). The number of aromatic nitrogens is 4. The van der Waals surface area contributed by atoms with E-state index in [9.17, 15) is 14.4 Å². The molecule has 2 aromatic heterocycles. The number of aryl methyl sites for hydroxylation is 1. The molecule has 0 spiro atoms. The predicted molar refractivity (Wildman–Crippen MR) is 170 cm³/mol. The summed E-state index contributed by atoms with van der Waals surface area (Å²) in [6.07, 6.45) is 5.77. The number of aliphatic hydroxyl groups is 2. The maximum Gasteiger partial charge on any atom is 0.336 e. The summed E-state index contributed by atoms with van der Waals surface area (Å²) in [4.78, 5) is 44.1. The molecular weight excluding hydrogens is 615 g/mol. The molecule has 0 radical (unpaired) electrons. The van der Waals surface area contributed by atoms with Gasteiger partial charge in [-0.2, -0.15) is 5.10 Å². The molecule has 256 valence electrons. The molecule has 1 aromatic carbocycles. The van der Waals surface area contributed by atoms with Crippen molar-refractivity contribution in [1.29, 1.82) is 0 Å². The molecule has 0 amide bonds. The summed E-state index contributed by atoms with van der Waals surface area (Å²) < 4.78 is 17.0. The van der Waals surface area contributed by atoms with Crippen LogP contribution in [0.3, 0.4) is 0 Å². The second kappa shape index (κ2) is 16.4. The van der Waals surface area contributed by atoms with Gasteiger partial charge in [-0.1, -0.05) is 6.07 Å². The van der Waals surface area contributed by atoms with E-state index in [4.69, 9.17) is 30.5 Å². The summed E-state index contributed by atoms with van der Waals surface area (Å²) in [5.41, 5.74) is 1.58. The molecule has 0 saturated carbocycles. The third kappa shape index (κ3) is 10.3. The first-order valence-corrected chi connectivity index (χ1v) is 15.2. The largest absolute Gasteiger partial charge is 0.481 e. The number of halogens is 1. The van der Waals surface area contributed by atoms with Crippen LogP contribution in [0.1, 0.15) is 62.5 Å². The highest BCUT2D eigenvalue weighted by molar-refractivity contribution is 5.88. The highest BCUT2D eigenvalue weighted by atomic mass is 19.1. The number of anilines is 1. The topological polar surface area (TPSA) is 202 Å². The average Bonchev–Trinajstić information content (AvgIpc) is 3.49. The third-order valence-electron chi connectivity index (χ3n) is 7.97. The van der Waals surface area contributed by atoms with Crippen molar-refractivity contribution in [2.45, 2.75) is 70.6 Å². The zero-order chi connectivity index (χ0) is 34.9. The molecule has 0 unspecified atom stereocenters. The number of nitrogens with zero attached hydrogens (tertiary/aromatic N) is 6. The Morgan fingerprint density at radius 3 is 2.23 bits per heavy atom. The molecule has 5 N–H and O–H groups in total. The highest BCUT2D eigenvalue weighted by Crippen LogP contribution is 2.27. The van der Waals surface area contributed by atoms with E-state index in [0.717, 1.165) is 48.3 Å². The van der Waals surface area contributed by atoms with E-state index in [-0.39, 0.29) is 18.5 Å². The fourth-order valence-corrected chi connectivity index (χ4v) is 5.30. The Bertz CT molecular complexity index is 1520. The first-order valence-electron chi connectivity index (χ1n) is 15.2. The van der Waals surface area contributed by atoms with E-state index in [1.165, 1.54) is 0 Å². The molecule has 3 aromatic rings. The molecule has 15 heteroatoms. The summed E-state index contributed by atoms with van der Waals surface area (Å²) in [6, 6.07) is 6.18. The van der Waals surface area contributed by atoms with Gasteiger partial charge >= 0.3 is 17.9 Å². The van der Waals surface area contributed by atoms with Crippen molar-refractivity contribution in [3.05, 3.63) is 59.6 Å². The minimum absolute atomic E-state index is 0.167. The Hall–Kier alpha value is -4.47. The van der Waals surface area contributed by atoms with Gasteiger partial charge in [-0.3, -0.25) is 14.3 Å². The van der Waals surface area contributed by atoms with Gasteiger partial charge in [0.1, 0.15) is 11.6 Å². The van der Waals surface area contributed by atoms with Crippen LogP contribution in [-0.2, 0) is 20.8 Å². The standard InChI is InChI=1S/C26H35FN6O.C6H8O7/c1-18(2)33-17-21(16-29-33)26-19(3)15-28-25(30-26)14-20-5-6-24(23(27)13-20)32-9-7-22(8-10-32)31(4)11-12-34;7-3(8)1-6(13,5(11)12)2-4(9)10/h5-6,13,15-18,22,34H,7-12,14H2,1-4H3;13H,1-2H2,(H,7,8)(H,9,10)(H,11,12). The number of likely N-dealkylation sites (N-methyl/N-ethyl adjacent to an activating group) is 1. The SMILES string of the molecule is Cc1cnc(Cc2ccc(N3CCC(N(C)CCO)CC3)c(F)c2)nc1-c1cnn(C(C)C)c1.O=C(O)CC(O)(CC(=O)O)C(=O)O. The molecule has 1 aliphatic rings. The molecule has 1 saturated heterocycles. The zero-order valence-electron chi connectivity index (χ0n) is 27.0. The molecule has 1 fully saturated rings. The number of carboxylic acid groups (broad SMARTS) is 3. The smallest absolute Gasteiger partial charge is 0.336 e. The van der Waals surface area contributed by atoms with Crippen LogP contribution >= 0.6 is 0 Å². The van der Waals surface area contributed by atoms with Crippen molar-refractivity contribution >= 4 is 23.6 Å². The Kier molecular flexibility index (Phi) is 12.9. The monoisotopic (exact) mass is 658 g/mol. The second-order valence-corrected chi connectivity index (χ2v) is 12.0. The van der Waals surface area contributed by atoms with Crippen molar-refractivity contribution in [3.8, 4) is 11.3 Å². The lowest BCUT2D eigenvalue weighted by Crippen LogP contribution is -2.44. The summed E-state index contributed by atoms with van der Waals surface area (Å²) >= 11 is 0. The Labute approximate surface area is 272 Å². The fourth-order valence-electron chi connectivity index (χ4n) is 5.30. The second-order valence-electron chi connectivity index (χ2n) is 12.0. The van der Waals surface area contributed by atoms with Crippen molar-refractivity contribution in [2.24, 2.45) is 0 Å². The normalized spacial score (nSPS) is 13.9. The maximum atomic E-state index is 15.1. The van der Waals surface area contributed by atoms with Gasteiger partial charge in [0.25, 0.3) is 0 Å². The Balaban J connectivity index is 0.000000392. The van der Waals surface area contributed by atoms with Crippen LogP contribution in [0.25, 0.3) is 11.3 Å². The van der Waals surface area contributed by atoms with E-state index in [0.29, 0.717) is 30.5 Å². The number of aliphatic hydroxyl groups excluding tert-OH is 1. The summed E-state index contributed by atoms with van der Waals surface area (Å²) in [5.74, 6) is -4.56. The Morgan fingerprint density at radius 1 is 1.09 bits per heavy atom. The van der Waals surface area contributed by atoms with Gasteiger partial charge < -0.3 is 35.3 Å². The van der Waals surface area contributed by atoms with Crippen LogP contribution in [0.15, 0.2) is 36.8 Å². The van der Waals surface area contributed by atoms with Crippen LogP contribution in [-0.4, -0.2) is 113 Å². The average molecular weight is 659 g/mol. The summed E-state index contributed by atoms with van der Waals surface area (Å²) in [6.45, 7) is 8.63.